The van der Waals surface area contributed by atoms with E-state index in [2.05, 4.69) is 103 Å². The molecule has 18 heteroatoms. The lowest BCUT2D eigenvalue weighted by molar-refractivity contribution is -0.128. The highest BCUT2D eigenvalue weighted by atomic mass is 35.5. The van der Waals surface area contributed by atoms with Crippen LogP contribution < -0.4 is 19.3 Å². The molecule has 0 spiro atoms. The van der Waals surface area contributed by atoms with E-state index in [1.54, 1.807) is 4.90 Å². The Hall–Kier alpha value is -6.47. The number of amides is 1. The summed E-state index contributed by atoms with van der Waals surface area (Å²) in [6.07, 6.45) is 20.2. The zero-order chi connectivity index (χ0) is 57.0. The molecule has 1 amide bonds. The van der Waals surface area contributed by atoms with Crippen LogP contribution in [0.25, 0.3) is 0 Å². The van der Waals surface area contributed by atoms with E-state index in [0.717, 1.165) is 125 Å². The molecule has 4 saturated heterocycles. The zero-order valence-corrected chi connectivity index (χ0v) is 48.9. The number of hydrogen-bond acceptors (Lipinski definition) is 16. The summed E-state index contributed by atoms with van der Waals surface area (Å²) < 4.78 is 12.8. The molecule has 2 aromatic carbocycles. The van der Waals surface area contributed by atoms with Gasteiger partial charge >= 0.3 is 12.0 Å². The number of anilines is 2. The van der Waals surface area contributed by atoms with Gasteiger partial charge in [0.15, 0.2) is 0 Å². The Morgan fingerprint density at radius 2 is 1.10 bits per heavy atom. The van der Waals surface area contributed by atoms with Crippen LogP contribution >= 0.6 is 11.6 Å². The predicted octanol–water partition coefficient (Wildman–Crippen LogP) is 9.79. The van der Waals surface area contributed by atoms with Crippen molar-refractivity contribution in [2.24, 2.45) is 5.92 Å². The first-order valence-electron chi connectivity index (χ1n) is 30.9. The van der Waals surface area contributed by atoms with Crippen molar-refractivity contribution in [3.8, 4) is 24.2 Å². The van der Waals surface area contributed by atoms with Crippen LogP contribution in [0.5, 0.6) is 12.0 Å². The highest BCUT2D eigenvalue weighted by Crippen LogP contribution is 2.45. The van der Waals surface area contributed by atoms with Gasteiger partial charge in [0.05, 0.1) is 36.0 Å². The summed E-state index contributed by atoms with van der Waals surface area (Å²) in [4.78, 5) is 59.0. The summed E-state index contributed by atoms with van der Waals surface area (Å²) >= 11 is 4.71. The van der Waals surface area contributed by atoms with Gasteiger partial charge in [-0.3, -0.25) is 29.2 Å². The van der Waals surface area contributed by atoms with Gasteiger partial charge in [-0.1, -0.05) is 69.1 Å². The van der Waals surface area contributed by atoms with E-state index in [4.69, 9.17) is 41.0 Å². The Balaban J connectivity index is 0.000000161. The van der Waals surface area contributed by atoms with Crippen LogP contribution in [-0.2, 0) is 48.6 Å². The fourth-order valence-electron chi connectivity index (χ4n) is 14.9. The number of allylic oxidation sites excluding steroid dienone is 1. The Morgan fingerprint density at radius 3 is 1.58 bits per heavy atom. The van der Waals surface area contributed by atoms with Gasteiger partial charge in [0.25, 0.3) is 0 Å². The number of rotatable bonds is 16. The predicted molar refractivity (Wildman–Crippen MR) is 325 cm³/mol. The SMILES string of the molecule is C.C=CC(=O)Cl.C=CC(=O)N1CCN(c2nc(OC[C@@H]3CCCN3C3CC3)nc3c2CN(C2CCc4ccccc42)C3)C[C@@H]1CC#N.N#CC[C@@H]1CCCN(c2nc(OC[C@@H]3CCCN3C3CC3)nc3c2CN(C2CCc4ccccc42)C3)C1. The number of piperazine rings is 1. The summed E-state index contributed by atoms with van der Waals surface area (Å²) in [5.41, 5.74) is 10.5. The topological polar surface area (TPSA) is 174 Å². The second kappa shape index (κ2) is 26.8. The number of ether oxygens (including phenoxy) is 2. The molecule has 4 aromatic rings. The minimum Gasteiger partial charge on any atom is -0.462 e. The van der Waals surface area contributed by atoms with Crippen LogP contribution in [0.3, 0.4) is 0 Å². The molecule has 2 aromatic heterocycles. The molecule has 8 heterocycles. The van der Waals surface area contributed by atoms with Gasteiger partial charge in [0, 0.05) is 113 Å². The van der Waals surface area contributed by atoms with Crippen molar-refractivity contribution in [2.75, 3.05) is 68.8 Å². The number of aryl methyl sites for hydroxylation is 2. The minimum absolute atomic E-state index is 0. The Bertz CT molecular complexity index is 3120. The van der Waals surface area contributed by atoms with Gasteiger partial charge in [0.2, 0.25) is 11.1 Å². The van der Waals surface area contributed by atoms with Crippen molar-refractivity contribution in [3.05, 3.63) is 119 Å². The molecule has 14 rings (SSSR count). The molecule has 4 aliphatic carbocycles. The molecule has 84 heavy (non-hydrogen) atoms. The van der Waals surface area contributed by atoms with Crippen LogP contribution in [0.15, 0.2) is 73.8 Å². The molecule has 0 N–H and O–H groups in total. The number of benzene rings is 2. The quantitative estimate of drug-likeness (QED) is 0.0765. The fraction of sp³-hybridized carbons (Fsp3) is 0.576. The maximum Gasteiger partial charge on any atom is 0.318 e. The average Bonchev–Trinajstić information content (AvgIpc) is 2.36. The standard InChI is InChI=1S/C32H39N7O2.C30H38N6O.C3H3ClO.CH4/c1-2-30(40)39-17-16-36(18-24(39)13-14-33)31-27-19-37(29-12-9-22-6-3-4-8-26(22)29)20-28(27)34-32(35-31)41-21-25-7-5-15-38(25)23-10-11-23;31-14-13-21-5-3-15-34(17-21)29-26-18-35(28-12-9-22-6-1-2-8-25(22)28)19-27(26)32-30(33-29)37-20-24-7-4-16-36(24)23-10-11-23;1-2-3(4)5;/h2-4,6,8,23-25,29H,1,5,7,9-13,15-21H2;1-2,6,8,21,23-24,28H,3-5,7,9-13,15-20H2;2H,1H2;1H4/t24-,25-,29?;21-,24-,28?;;/m00../s1. The van der Waals surface area contributed by atoms with Crippen molar-refractivity contribution < 1.29 is 19.1 Å². The summed E-state index contributed by atoms with van der Waals surface area (Å²) in [7, 11) is 0. The van der Waals surface area contributed by atoms with E-state index in [1.807, 2.05) is 0 Å². The number of halogens is 1. The maximum atomic E-state index is 12.5. The van der Waals surface area contributed by atoms with Crippen LogP contribution in [0.4, 0.5) is 11.6 Å². The van der Waals surface area contributed by atoms with Crippen LogP contribution in [0.2, 0.25) is 0 Å². The van der Waals surface area contributed by atoms with Gasteiger partial charge in [-0.05, 0) is 155 Å². The van der Waals surface area contributed by atoms with Crippen molar-refractivity contribution in [1.82, 2.24) is 44.4 Å². The van der Waals surface area contributed by atoms with Crippen molar-refractivity contribution >= 4 is 34.4 Å². The lowest BCUT2D eigenvalue weighted by Crippen LogP contribution is -2.55. The first-order chi connectivity index (χ1) is 40.7. The summed E-state index contributed by atoms with van der Waals surface area (Å²) in [6, 6.07) is 26.5. The number of fused-ring (bicyclic) bond motifs is 4. The second-order valence-corrected chi connectivity index (χ2v) is 24.9. The summed E-state index contributed by atoms with van der Waals surface area (Å²) in [5.74, 6) is 2.25. The second-order valence-electron chi connectivity index (χ2n) is 24.5. The molecule has 2 unspecified atom stereocenters. The maximum absolute atomic E-state index is 12.5. The number of hydrogen-bond donors (Lipinski definition) is 0. The number of nitrogens with zero attached hydrogens (tertiary/aromatic N) is 13. The Kier molecular flexibility index (Phi) is 18.9. The van der Waals surface area contributed by atoms with Crippen LogP contribution in [0, 0.1) is 28.6 Å². The Morgan fingerprint density at radius 1 is 0.595 bits per heavy atom. The number of piperidine rings is 1. The first kappa shape index (κ1) is 59.3. The van der Waals surface area contributed by atoms with E-state index in [-0.39, 0.29) is 25.8 Å². The third-order valence-corrected chi connectivity index (χ3v) is 19.4. The monoisotopic (exact) mass is 1160 g/mol. The molecule has 0 radical (unpaired) electrons. The minimum atomic E-state index is -0.509. The van der Waals surface area contributed by atoms with E-state index < -0.39 is 5.24 Å². The highest BCUT2D eigenvalue weighted by molar-refractivity contribution is 6.66. The first-order valence-corrected chi connectivity index (χ1v) is 31.2. The number of aromatic nitrogens is 4. The normalized spacial score (nSPS) is 25.3. The molecule has 6 aliphatic heterocycles. The molecule has 17 nitrogen and oxygen atoms in total. The van der Waals surface area contributed by atoms with E-state index in [0.29, 0.717) is 81.4 Å². The third kappa shape index (κ3) is 13.2. The average molecular weight is 1160 g/mol. The van der Waals surface area contributed by atoms with Crippen molar-refractivity contribution in [1.29, 1.82) is 10.5 Å². The fourth-order valence-corrected chi connectivity index (χ4v) is 14.9. The Labute approximate surface area is 502 Å². The number of carbonyl (C=O) groups excluding carboxylic acids is 2. The zero-order valence-electron chi connectivity index (χ0n) is 48.1. The van der Waals surface area contributed by atoms with E-state index in [9.17, 15) is 20.1 Å². The highest BCUT2D eigenvalue weighted by Gasteiger charge is 2.42. The van der Waals surface area contributed by atoms with Crippen molar-refractivity contribution in [2.45, 2.75) is 179 Å². The van der Waals surface area contributed by atoms with E-state index in [1.165, 1.54) is 98.3 Å². The number of nitriles is 2. The van der Waals surface area contributed by atoms with Gasteiger partial charge in [-0.15, -0.1) is 0 Å². The third-order valence-electron chi connectivity index (χ3n) is 19.2. The molecule has 6 fully saturated rings. The molecule has 6 atom stereocenters. The van der Waals surface area contributed by atoms with Gasteiger partial charge < -0.3 is 24.2 Å². The largest absolute Gasteiger partial charge is 0.462 e. The van der Waals surface area contributed by atoms with Crippen LogP contribution in [-0.4, -0.2) is 145 Å². The molecule has 2 saturated carbocycles. The molecular formula is C66H84ClN13O4. The smallest absolute Gasteiger partial charge is 0.318 e. The summed E-state index contributed by atoms with van der Waals surface area (Å²) in [6.45, 7) is 17.4. The van der Waals surface area contributed by atoms with Crippen LogP contribution in [0.1, 0.15) is 154 Å². The van der Waals surface area contributed by atoms with Crippen molar-refractivity contribution in [3.63, 3.8) is 0 Å². The lowest BCUT2D eigenvalue weighted by Gasteiger charge is -2.41. The van der Waals surface area contributed by atoms with Gasteiger partial charge in [-0.25, -0.2) is 0 Å². The lowest BCUT2D eigenvalue weighted by atomic mass is 9.95. The van der Waals surface area contributed by atoms with Gasteiger partial charge in [0.1, 0.15) is 24.8 Å². The number of likely N-dealkylation sites (tertiary alicyclic amines) is 2. The number of carbonyl (C=O) groups is 2. The van der Waals surface area contributed by atoms with Gasteiger partial charge in [-0.2, -0.15) is 30.5 Å². The molecular weight excluding hydrogens is 1070 g/mol. The molecule has 0 bridgehead atoms. The summed E-state index contributed by atoms with van der Waals surface area (Å²) in [5, 5.41) is 18.3. The molecule has 10 aliphatic rings. The van der Waals surface area contributed by atoms with E-state index >= 15 is 0 Å². The molecule has 444 valence electrons.